The van der Waals surface area contributed by atoms with Crippen LogP contribution in [0, 0.1) is 0 Å². The van der Waals surface area contributed by atoms with Gasteiger partial charge < -0.3 is 10.6 Å². The summed E-state index contributed by atoms with van der Waals surface area (Å²) < 4.78 is 0. The van der Waals surface area contributed by atoms with Gasteiger partial charge in [-0.1, -0.05) is 23.7 Å². The van der Waals surface area contributed by atoms with Crippen molar-refractivity contribution in [2.75, 3.05) is 39.0 Å². The Kier molecular flexibility index (Phi) is 5.97. The van der Waals surface area contributed by atoms with Crippen molar-refractivity contribution in [3.8, 4) is 0 Å². The maximum atomic E-state index is 11.7. The van der Waals surface area contributed by atoms with Gasteiger partial charge in [-0.2, -0.15) is 0 Å². The highest BCUT2D eigenvalue weighted by molar-refractivity contribution is 6.33. The van der Waals surface area contributed by atoms with Crippen molar-refractivity contribution in [3.63, 3.8) is 0 Å². The Morgan fingerprint density at radius 1 is 1.41 bits per heavy atom. The van der Waals surface area contributed by atoms with E-state index >= 15 is 0 Å². The number of halogens is 1. The predicted molar refractivity (Wildman–Crippen MR) is 71.5 cm³/mol. The van der Waals surface area contributed by atoms with Gasteiger partial charge in [0.1, 0.15) is 0 Å². The molecule has 1 rings (SSSR count). The van der Waals surface area contributed by atoms with Crippen LogP contribution in [0.15, 0.2) is 24.3 Å². The predicted octanol–water partition coefficient (Wildman–Crippen LogP) is 1.43. The molecular formula is C12H18ClN3O. The summed E-state index contributed by atoms with van der Waals surface area (Å²) in [6, 6.07) is 7.21. The molecule has 0 radical (unpaired) electrons. The van der Waals surface area contributed by atoms with Crippen LogP contribution < -0.4 is 10.6 Å². The number of para-hydroxylation sites is 1. The molecule has 0 aliphatic heterocycles. The number of hydrogen-bond acceptors (Lipinski definition) is 3. The van der Waals surface area contributed by atoms with Gasteiger partial charge in [-0.15, -0.1) is 0 Å². The highest BCUT2D eigenvalue weighted by atomic mass is 35.5. The number of anilines is 1. The van der Waals surface area contributed by atoms with E-state index in [9.17, 15) is 4.79 Å². The standard InChI is InChI=1S/C12H18ClN3O/c1-14-7-8-16(2)9-12(17)15-11-6-4-3-5-10(11)13/h3-6,14H,7-9H2,1-2H3,(H,15,17). The molecule has 0 aromatic heterocycles. The minimum absolute atomic E-state index is 0.0586. The summed E-state index contributed by atoms with van der Waals surface area (Å²) in [6.07, 6.45) is 0. The van der Waals surface area contributed by atoms with Gasteiger partial charge in [0.05, 0.1) is 17.3 Å². The topological polar surface area (TPSA) is 44.4 Å². The lowest BCUT2D eigenvalue weighted by atomic mass is 10.3. The molecule has 0 unspecified atom stereocenters. The van der Waals surface area contributed by atoms with E-state index in [4.69, 9.17) is 11.6 Å². The van der Waals surface area contributed by atoms with Crippen LogP contribution in [0.3, 0.4) is 0 Å². The third kappa shape index (κ3) is 5.17. The fourth-order valence-corrected chi connectivity index (χ4v) is 1.56. The summed E-state index contributed by atoms with van der Waals surface area (Å²) in [5.41, 5.74) is 0.654. The molecule has 4 nitrogen and oxygen atoms in total. The van der Waals surface area contributed by atoms with E-state index in [1.54, 1.807) is 12.1 Å². The molecule has 2 N–H and O–H groups in total. The molecule has 0 bridgehead atoms. The van der Waals surface area contributed by atoms with Crippen molar-refractivity contribution < 1.29 is 4.79 Å². The highest BCUT2D eigenvalue weighted by Crippen LogP contribution is 2.20. The number of likely N-dealkylation sites (N-methyl/N-ethyl adjacent to an activating group) is 2. The van der Waals surface area contributed by atoms with Crippen LogP contribution in [0.1, 0.15) is 0 Å². The first-order chi connectivity index (χ1) is 8.13. The molecule has 5 heteroatoms. The number of carbonyl (C=O) groups is 1. The van der Waals surface area contributed by atoms with Crippen molar-refractivity contribution in [2.45, 2.75) is 0 Å². The van der Waals surface area contributed by atoms with E-state index < -0.39 is 0 Å². The molecule has 0 saturated heterocycles. The summed E-state index contributed by atoms with van der Waals surface area (Å²) in [6.45, 7) is 2.04. The summed E-state index contributed by atoms with van der Waals surface area (Å²) in [5.74, 6) is -0.0586. The normalized spacial score (nSPS) is 10.6. The van der Waals surface area contributed by atoms with Gasteiger partial charge in [0, 0.05) is 13.1 Å². The van der Waals surface area contributed by atoms with E-state index in [2.05, 4.69) is 10.6 Å². The first-order valence-corrected chi connectivity index (χ1v) is 5.89. The molecule has 1 aromatic carbocycles. The quantitative estimate of drug-likeness (QED) is 0.808. The number of amides is 1. The van der Waals surface area contributed by atoms with Gasteiger partial charge >= 0.3 is 0 Å². The SMILES string of the molecule is CNCCN(C)CC(=O)Nc1ccccc1Cl. The van der Waals surface area contributed by atoms with E-state index in [0.29, 0.717) is 17.3 Å². The largest absolute Gasteiger partial charge is 0.324 e. The molecule has 0 aliphatic carbocycles. The number of nitrogens with one attached hydrogen (secondary N) is 2. The van der Waals surface area contributed by atoms with Crippen LogP contribution >= 0.6 is 11.6 Å². The number of hydrogen-bond donors (Lipinski definition) is 2. The molecule has 0 saturated carbocycles. The third-order valence-corrected chi connectivity index (χ3v) is 2.63. The van der Waals surface area contributed by atoms with Gasteiger partial charge in [-0.05, 0) is 26.2 Å². The van der Waals surface area contributed by atoms with Crippen LogP contribution in [-0.4, -0.2) is 44.5 Å². The monoisotopic (exact) mass is 255 g/mol. The fourth-order valence-electron chi connectivity index (χ4n) is 1.38. The Bertz CT molecular complexity index is 371. The fraction of sp³-hybridized carbons (Fsp3) is 0.417. The Morgan fingerprint density at radius 3 is 2.76 bits per heavy atom. The van der Waals surface area contributed by atoms with Gasteiger partial charge in [0.2, 0.25) is 5.91 Å². The van der Waals surface area contributed by atoms with Gasteiger partial charge in [-0.25, -0.2) is 0 Å². The number of rotatable bonds is 6. The Balaban J connectivity index is 2.42. The van der Waals surface area contributed by atoms with Crippen molar-refractivity contribution in [2.24, 2.45) is 0 Å². The van der Waals surface area contributed by atoms with Crippen LogP contribution in [0.2, 0.25) is 5.02 Å². The first-order valence-electron chi connectivity index (χ1n) is 5.51. The molecule has 0 aliphatic rings. The number of benzene rings is 1. The minimum atomic E-state index is -0.0586. The molecule has 1 amide bonds. The van der Waals surface area contributed by atoms with E-state index in [1.165, 1.54) is 0 Å². The van der Waals surface area contributed by atoms with Gasteiger partial charge in [-0.3, -0.25) is 9.69 Å². The maximum absolute atomic E-state index is 11.7. The lowest BCUT2D eigenvalue weighted by Crippen LogP contribution is -2.34. The zero-order valence-corrected chi connectivity index (χ0v) is 10.9. The summed E-state index contributed by atoms with van der Waals surface area (Å²) in [5, 5.41) is 6.38. The second kappa shape index (κ2) is 7.27. The summed E-state index contributed by atoms with van der Waals surface area (Å²) >= 11 is 5.95. The van der Waals surface area contributed by atoms with Crippen LogP contribution in [0.5, 0.6) is 0 Å². The number of nitrogens with zero attached hydrogens (tertiary/aromatic N) is 1. The highest BCUT2D eigenvalue weighted by Gasteiger charge is 2.07. The van der Waals surface area contributed by atoms with Crippen LogP contribution in [0.4, 0.5) is 5.69 Å². The molecule has 94 valence electrons. The Morgan fingerprint density at radius 2 is 2.12 bits per heavy atom. The van der Waals surface area contributed by atoms with Crippen molar-refractivity contribution in [1.29, 1.82) is 0 Å². The minimum Gasteiger partial charge on any atom is -0.324 e. The molecular weight excluding hydrogens is 238 g/mol. The smallest absolute Gasteiger partial charge is 0.238 e. The van der Waals surface area contributed by atoms with E-state index in [-0.39, 0.29) is 5.91 Å². The number of carbonyl (C=O) groups excluding carboxylic acids is 1. The lowest BCUT2D eigenvalue weighted by molar-refractivity contribution is -0.117. The van der Waals surface area contributed by atoms with Crippen molar-refractivity contribution in [1.82, 2.24) is 10.2 Å². The summed E-state index contributed by atoms with van der Waals surface area (Å²) in [7, 11) is 3.79. The lowest BCUT2D eigenvalue weighted by Gasteiger charge is -2.16. The second-order valence-corrected chi connectivity index (χ2v) is 4.28. The zero-order chi connectivity index (χ0) is 12.7. The molecule has 0 heterocycles. The first kappa shape index (κ1) is 14.0. The van der Waals surface area contributed by atoms with E-state index in [1.807, 2.05) is 31.1 Å². The molecule has 0 fully saturated rings. The van der Waals surface area contributed by atoms with Crippen molar-refractivity contribution in [3.05, 3.63) is 29.3 Å². The van der Waals surface area contributed by atoms with E-state index in [0.717, 1.165) is 13.1 Å². The second-order valence-electron chi connectivity index (χ2n) is 3.87. The molecule has 0 atom stereocenters. The average molecular weight is 256 g/mol. The van der Waals surface area contributed by atoms with Crippen molar-refractivity contribution >= 4 is 23.2 Å². The van der Waals surface area contributed by atoms with Gasteiger partial charge in [0.15, 0.2) is 0 Å². The molecule has 0 spiro atoms. The zero-order valence-electron chi connectivity index (χ0n) is 10.2. The van der Waals surface area contributed by atoms with Crippen LogP contribution in [0.25, 0.3) is 0 Å². The summed E-state index contributed by atoms with van der Waals surface area (Å²) in [4.78, 5) is 13.7. The average Bonchev–Trinajstić information content (AvgIpc) is 2.29. The third-order valence-electron chi connectivity index (χ3n) is 2.30. The van der Waals surface area contributed by atoms with Crippen LogP contribution in [-0.2, 0) is 4.79 Å². The maximum Gasteiger partial charge on any atom is 0.238 e. The Labute approximate surface area is 107 Å². The molecule has 1 aromatic rings. The molecule has 17 heavy (non-hydrogen) atoms. The Hall–Kier alpha value is -1.10. The van der Waals surface area contributed by atoms with Gasteiger partial charge in [0.25, 0.3) is 0 Å².